The van der Waals surface area contributed by atoms with Gasteiger partial charge in [0.2, 0.25) is 0 Å². The van der Waals surface area contributed by atoms with Crippen LogP contribution < -0.4 is 5.56 Å². The lowest BCUT2D eigenvalue weighted by molar-refractivity contribution is 0.474. The molecule has 0 radical (unpaired) electrons. The van der Waals surface area contributed by atoms with E-state index in [0.29, 0.717) is 5.52 Å². The molecule has 0 bridgehead atoms. The molecule has 0 aliphatic rings. The predicted molar refractivity (Wildman–Crippen MR) is 50.1 cm³/mol. The van der Waals surface area contributed by atoms with E-state index >= 15 is 0 Å². The van der Waals surface area contributed by atoms with Crippen molar-refractivity contribution in [2.45, 2.75) is 6.92 Å². The molecule has 0 spiro atoms. The van der Waals surface area contributed by atoms with Crippen molar-refractivity contribution in [3.63, 3.8) is 0 Å². The molecule has 3 heteroatoms. The van der Waals surface area contributed by atoms with Gasteiger partial charge in [0, 0.05) is 18.3 Å². The van der Waals surface area contributed by atoms with Crippen molar-refractivity contribution in [1.29, 1.82) is 0 Å². The summed E-state index contributed by atoms with van der Waals surface area (Å²) in [6.07, 6.45) is 1.70. The topological polar surface area (TPSA) is 41.7 Å². The van der Waals surface area contributed by atoms with Gasteiger partial charge in [-0.1, -0.05) is 0 Å². The summed E-state index contributed by atoms with van der Waals surface area (Å²) in [5.74, 6) is 0.00981. The van der Waals surface area contributed by atoms with Gasteiger partial charge in [-0.15, -0.1) is 0 Å². The fourth-order valence-corrected chi connectivity index (χ4v) is 1.33. The summed E-state index contributed by atoms with van der Waals surface area (Å²) in [5.41, 5.74) is 1.56. The van der Waals surface area contributed by atoms with Gasteiger partial charge >= 0.3 is 0 Å². The second-order valence-electron chi connectivity index (χ2n) is 3.05. The van der Waals surface area contributed by atoms with E-state index in [4.69, 9.17) is 0 Å². The van der Waals surface area contributed by atoms with Gasteiger partial charge in [0.25, 0.3) is 5.56 Å². The Morgan fingerprint density at radius 1 is 1.31 bits per heavy atom. The van der Waals surface area contributed by atoms with Crippen molar-refractivity contribution >= 4 is 5.52 Å². The lowest BCUT2D eigenvalue weighted by Gasteiger charge is -2.01. The molecule has 0 fully saturated rings. The minimum atomic E-state index is -0.213. The molecule has 2 rings (SSSR count). The monoisotopic (exact) mass is 175 g/mol. The van der Waals surface area contributed by atoms with Crippen LogP contribution in [0, 0.1) is 6.92 Å². The maximum atomic E-state index is 11.3. The van der Waals surface area contributed by atoms with Gasteiger partial charge in [0.1, 0.15) is 5.75 Å². The molecule has 3 nitrogen and oxygen atoms in total. The molecule has 1 N–H and O–H groups in total. The molecule has 66 valence electrons. The summed E-state index contributed by atoms with van der Waals surface area (Å²) in [4.78, 5) is 11.3. The van der Waals surface area contributed by atoms with E-state index < -0.39 is 0 Å². The van der Waals surface area contributed by atoms with Crippen LogP contribution in [0.4, 0.5) is 0 Å². The average Bonchev–Trinajstić information content (AvgIpc) is 2.02. The standard InChI is InChI=1S/C10H9NO2/c1-7-2-3-11-8(4-7)5-9(12)6-10(11)13/h2-6,12H,1H3. The second-order valence-corrected chi connectivity index (χ2v) is 3.05. The first kappa shape index (κ1) is 7.86. The predicted octanol–water partition coefficient (Wildman–Crippen LogP) is 1.31. The minimum Gasteiger partial charge on any atom is -0.508 e. The van der Waals surface area contributed by atoms with Crippen LogP contribution in [0.15, 0.2) is 35.3 Å². The second kappa shape index (κ2) is 2.62. The number of fused-ring (bicyclic) bond motifs is 1. The number of aromatic hydroxyl groups is 1. The van der Waals surface area contributed by atoms with Crippen LogP contribution in [0.5, 0.6) is 5.75 Å². The SMILES string of the molecule is Cc1ccn2c(=O)cc(O)cc2c1. The van der Waals surface area contributed by atoms with E-state index in [1.807, 2.05) is 19.1 Å². The van der Waals surface area contributed by atoms with Gasteiger partial charge in [-0.3, -0.25) is 9.20 Å². The Hall–Kier alpha value is -1.77. The third-order valence-electron chi connectivity index (χ3n) is 1.94. The van der Waals surface area contributed by atoms with Crippen LogP contribution in [-0.4, -0.2) is 9.51 Å². The first-order valence-corrected chi connectivity index (χ1v) is 3.99. The largest absolute Gasteiger partial charge is 0.508 e. The van der Waals surface area contributed by atoms with Crippen LogP contribution in [0.25, 0.3) is 5.52 Å². The normalized spacial score (nSPS) is 10.5. The molecular formula is C10H9NO2. The molecule has 0 amide bonds. The minimum absolute atomic E-state index is 0.00981. The lowest BCUT2D eigenvalue weighted by Crippen LogP contribution is -2.10. The van der Waals surface area contributed by atoms with Gasteiger partial charge in [-0.2, -0.15) is 0 Å². The van der Waals surface area contributed by atoms with Gasteiger partial charge in [0.15, 0.2) is 0 Å². The van der Waals surface area contributed by atoms with Gasteiger partial charge in [-0.25, -0.2) is 0 Å². The highest BCUT2D eigenvalue weighted by atomic mass is 16.3. The fraction of sp³-hybridized carbons (Fsp3) is 0.100. The quantitative estimate of drug-likeness (QED) is 0.656. The molecule has 0 aliphatic carbocycles. The van der Waals surface area contributed by atoms with Gasteiger partial charge < -0.3 is 5.11 Å². The van der Waals surface area contributed by atoms with E-state index in [-0.39, 0.29) is 11.3 Å². The Morgan fingerprint density at radius 3 is 2.85 bits per heavy atom. The van der Waals surface area contributed by atoms with Crippen molar-refractivity contribution in [2.75, 3.05) is 0 Å². The maximum absolute atomic E-state index is 11.3. The summed E-state index contributed by atoms with van der Waals surface area (Å²) in [5, 5.41) is 9.19. The first-order chi connectivity index (χ1) is 6.16. The molecule has 0 saturated heterocycles. The van der Waals surface area contributed by atoms with Crippen molar-refractivity contribution in [2.24, 2.45) is 0 Å². The highest BCUT2D eigenvalue weighted by Gasteiger charge is 1.98. The average molecular weight is 175 g/mol. The van der Waals surface area contributed by atoms with Crippen LogP contribution in [-0.2, 0) is 0 Å². The number of aromatic nitrogens is 1. The fourth-order valence-electron chi connectivity index (χ4n) is 1.33. The number of aryl methyl sites for hydroxylation is 1. The Balaban J connectivity index is 2.95. The van der Waals surface area contributed by atoms with Crippen LogP contribution in [0.1, 0.15) is 5.56 Å². The first-order valence-electron chi connectivity index (χ1n) is 3.99. The molecule has 0 saturated carbocycles. The van der Waals surface area contributed by atoms with Crippen molar-refractivity contribution in [3.8, 4) is 5.75 Å². The third kappa shape index (κ3) is 1.28. The summed E-state index contributed by atoms with van der Waals surface area (Å²) in [6, 6.07) is 6.46. The Morgan fingerprint density at radius 2 is 2.08 bits per heavy atom. The lowest BCUT2D eigenvalue weighted by atomic mass is 10.2. The van der Waals surface area contributed by atoms with Crippen molar-refractivity contribution < 1.29 is 5.11 Å². The summed E-state index contributed by atoms with van der Waals surface area (Å²) in [7, 11) is 0. The molecule has 13 heavy (non-hydrogen) atoms. The summed E-state index contributed by atoms with van der Waals surface area (Å²) in [6.45, 7) is 1.94. The van der Waals surface area contributed by atoms with Crippen LogP contribution in [0.3, 0.4) is 0 Å². The molecular weight excluding hydrogens is 166 g/mol. The zero-order valence-electron chi connectivity index (χ0n) is 7.19. The Bertz CT molecular complexity index is 509. The number of hydrogen-bond donors (Lipinski definition) is 1. The van der Waals surface area contributed by atoms with E-state index in [2.05, 4.69) is 0 Å². The highest BCUT2D eigenvalue weighted by molar-refractivity contribution is 5.51. The highest BCUT2D eigenvalue weighted by Crippen LogP contribution is 2.10. The van der Waals surface area contributed by atoms with E-state index in [1.54, 1.807) is 12.3 Å². The van der Waals surface area contributed by atoms with Gasteiger partial charge in [0.05, 0.1) is 5.52 Å². The summed E-state index contributed by atoms with van der Waals surface area (Å²) >= 11 is 0. The Kier molecular flexibility index (Phi) is 1.59. The van der Waals surface area contributed by atoms with Crippen molar-refractivity contribution in [3.05, 3.63) is 46.4 Å². The molecule has 2 aromatic rings. The zero-order chi connectivity index (χ0) is 9.42. The van der Waals surface area contributed by atoms with E-state index in [9.17, 15) is 9.90 Å². The third-order valence-corrected chi connectivity index (χ3v) is 1.94. The van der Waals surface area contributed by atoms with Crippen molar-refractivity contribution in [1.82, 2.24) is 4.40 Å². The molecule has 0 aliphatic heterocycles. The molecule has 0 atom stereocenters. The number of hydrogen-bond acceptors (Lipinski definition) is 2. The number of rotatable bonds is 0. The number of pyridine rings is 2. The molecule has 2 heterocycles. The number of nitrogens with zero attached hydrogens (tertiary/aromatic N) is 1. The Labute approximate surface area is 74.9 Å². The molecule has 0 aromatic carbocycles. The maximum Gasteiger partial charge on any atom is 0.258 e. The zero-order valence-corrected chi connectivity index (χ0v) is 7.19. The molecule has 0 unspecified atom stereocenters. The smallest absolute Gasteiger partial charge is 0.258 e. The van der Waals surface area contributed by atoms with Crippen LogP contribution in [0.2, 0.25) is 0 Å². The van der Waals surface area contributed by atoms with Crippen LogP contribution >= 0.6 is 0 Å². The van der Waals surface area contributed by atoms with E-state index in [1.165, 1.54) is 10.5 Å². The van der Waals surface area contributed by atoms with E-state index in [0.717, 1.165) is 5.56 Å². The van der Waals surface area contributed by atoms with Gasteiger partial charge in [-0.05, 0) is 24.6 Å². The molecule has 2 aromatic heterocycles. The summed E-state index contributed by atoms with van der Waals surface area (Å²) < 4.78 is 1.49.